The van der Waals surface area contributed by atoms with Crippen LogP contribution in [0.4, 0.5) is 5.82 Å². The Labute approximate surface area is 153 Å². The van der Waals surface area contributed by atoms with Gasteiger partial charge in [0.15, 0.2) is 12.3 Å². The largest absolute Gasteiger partial charge is 0.484 e. The summed E-state index contributed by atoms with van der Waals surface area (Å²) in [6, 6.07) is 13.3. The van der Waals surface area contributed by atoms with Crippen molar-refractivity contribution < 1.29 is 14.2 Å². The lowest BCUT2D eigenvalue weighted by molar-refractivity contribution is -0.118. The van der Waals surface area contributed by atoms with E-state index in [1.54, 1.807) is 0 Å². The summed E-state index contributed by atoms with van der Waals surface area (Å²) >= 11 is 3.37. The van der Waals surface area contributed by atoms with Gasteiger partial charge in [-0.1, -0.05) is 34.1 Å². The molecule has 1 aromatic heterocycles. The minimum absolute atomic E-state index is 0.129. The van der Waals surface area contributed by atoms with Crippen LogP contribution >= 0.6 is 15.9 Å². The Bertz CT molecular complexity index is 871. The fraction of sp³-hybridized carbons (Fsp3) is 0.167. The first-order chi connectivity index (χ1) is 12.0. The molecule has 0 atom stereocenters. The van der Waals surface area contributed by atoms with Crippen molar-refractivity contribution in [1.29, 1.82) is 0 Å². The predicted octanol–water partition coefficient (Wildman–Crippen LogP) is 4.13. The van der Waals surface area contributed by atoms with E-state index in [-0.39, 0.29) is 18.3 Å². The number of hydrogen-bond acceptors (Lipinski definition) is 5. The summed E-state index contributed by atoms with van der Waals surface area (Å²) in [7, 11) is 0. The van der Waals surface area contributed by atoms with E-state index in [0.717, 1.165) is 21.2 Å². The van der Waals surface area contributed by atoms with E-state index in [4.69, 9.17) is 9.37 Å². The molecular formula is C18H16BrN3O3. The number of carbonyl (C=O) groups is 1. The van der Waals surface area contributed by atoms with Gasteiger partial charge in [-0.05, 0) is 59.6 Å². The van der Waals surface area contributed by atoms with Crippen molar-refractivity contribution in [3.8, 4) is 17.0 Å². The lowest BCUT2D eigenvalue weighted by Gasteiger charge is -2.08. The second-order valence-electron chi connectivity index (χ2n) is 5.63. The SMILES string of the molecule is Cc1cc(C)cc(OCC(=O)Nc2nonc2-c2ccc(Br)cc2)c1. The first kappa shape index (κ1) is 17.2. The zero-order valence-corrected chi connectivity index (χ0v) is 15.3. The van der Waals surface area contributed by atoms with Gasteiger partial charge in [0.2, 0.25) is 5.82 Å². The molecule has 6 nitrogen and oxygen atoms in total. The van der Waals surface area contributed by atoms with Gasteiger partial charge in [-0.2, -0.15) is 0 Å². The van der Waals surface area contributed by atoms with Crippen LogP contribution < -0.4 is 10.1 Å². The summed E-state index contributed by atoms with van der Waals surface area (Å²) in [4.78, 5) is 12.1. The van der Waals surface area contributed by atoms with Crippen molar-refractivity contribution in [3.63, 3.8) is 0 Å². The van der Waals surface area contributed by atoms with Gasteiger partial charge in [0.1, 0.15) is 5.75 Å². The van der Waals surface area contributed by atoms with Gasteiger partial charge in [0.25, 0.3) is 5.91 Å². The molecule has 0 bridgehead atoms. The third-order valence-electron chi connectivity index (χ3n) is 3.43. The second-order valence-corrected chi connectivity index (χ2v) is 6.54. The van der Waals surface area contributed by atoms with Crippen molar-refractivity contribution >= 4 is 27.7 Å². The Kier molecular flexibility index (Phi) is 5.14. The molecule has 0 aliphatic heterocycles. The highest BCUT2D eigenvalue weighted by Gasteiger charge is 2.15. The smallest absolute Gasteiger partial charge is 0.263 e. The quantitative estimate of drug-likeness (QED) is 0.695. The topological polar surface area (TPSA) is 77.2 Å². The fourth-order valence-corrected chi connectivity index (χ4v) is 2.67. The highest BCUT2D eigenvalue weighted by Crippen LogP contribution is 2.25. The van der Waals surface area contributed by atoms with Gasteiger partial charge in [-0.3, -0.25) is 4.79 Å². The van der Waals surface area contributed by atoms with Crippen LogP contribution in [0.1, 0.15) is 11.1 Å². The average Bonchev–Trinajstić information content (AvgIpc) is 3.01. The molecule has 2 aromatic carbocycles. The van der Waals surface area contributed by atoms with Crippen molar-refractivity contribution in [1.82, 2.24) is 10.3 Å². The van der Waals surface area contributed by atoms with E-state index in [2.05, 4.69) is 31.6 Å². The van der Waals surface area contributed by atoms with E-state index in [0.29, 0.717) is 11.4 Å². The summed E-state index contributed by atoms with van der Waals surface area (Å²) in [5, 5.41) is 10.3. The van der Waals surface area contributed by atoms with Crippen LogP contribution in [-0.4, -0.2) is 22.8 Å². The molecule has 1 N–H and O–H groups in total. The van der Waals surface area contributed by atoms with Crippen molar-refractivity contribution in [2.75, 3.05) is 11.9 Å². The molecule has 25 heavy (non-hydrogen) atoms. The molecular weight excluding hydrogens is 386 g/mol. The second kappa shape index (κ2) is 7.48. The average molecular weight is 402 g/mol. The molecule has 1 heterocycles. The number of carbonyl (C=O) groups excluding carboxylic acids is 1. The van der Waals surface area contributed by atoms with Gasteiger partial charge in [0.05, 0.1) is 0 Å². The number of hydrogen-bond donors (Lipinski definition) is 1. The molecule has 0 unspecified atom stereocenters. The third-order valence-corrected chi connectivity index (χ3v) is 3.96. The number of anilines is 1. The van der Waals surface area contributed by atoms with E-state index in [9.17, 15) is 4.79 Å². The minimum Gasteiger partial charge on any atom is -0.484 e. The summed E-state index contributed by atoms with van der Waals surface area (Å²) in [5.74, 6) is 0.573. The van der Waals surface area contributed by atoms with E-state index < -0.39 is 0 Å². The Morgan fingerprint density at radius 2 is 1.80 bits per heavy atom. The normalized spacial score (nSPS) is 10.5. The van der Waals surface area contributed by atoms with Crippen LogP contribution in [0.25, 0.3) is 11.3 Å². The standard InChI is InChI=1S/C18H16BrN3O3/c1-11-7-12(2)9-15(8-11)24-10-16(23)20-18-17(21-25-22-18)13-3-5-14(19)6-4-13/h3-9H,10H2,1-2H3,(H,20,22,23). The van der Waals surface area contributed by atoms with Crippen molar-refractivity contribution in [3.05, 3.63) is 58.1 Å². The molecule has 0 aliphatic carbocycles. The number of aromatic nitrogens is 2. The molecule has 3 aromatic rings. The molecule has 1 amide bonds. The predicted molar refractivity (Wildman–Crippen MR) is 97.5 cm³/mol. The summed E-state index contributed by atoms with van der Waals surface area (Å²) in [6.07, 6.45) is 0. The van der Waals surface area contributed by atoms with E-state index >= 15 is 0 Å². The minimum atomic E-state index is -0.340. The van der Waals surface area contributed by atoms with E-state index in [1.165, 1.54) is 0 Å². The van der Waals surface area contributed by atoms with Crippen LogP contribution in [0, 0.1) is 13.8 Å². The maximum atomic E-state index is 12.1. The number of nitrogens with zero attached hydrogens (tertiary/aromatic N) is 2. The highest BCUT2D eigenvalue weighted by atomic mass is 79.9. The molecule has 0 spiro atoms. The number of benzene rings is 2. The van der Waals surface area contributed by atoms with Gasteiger partial charge in [-0.15, -0.1) is 0 Å². The molecule has 0 saturated heterocycles. The van der Waals surface area contributed by atoms with Crippen molar-refractivity contribution in [2.24, 2.45) is 0 Å². The third kappa shape index (κ3) is 4.45. The lowest BCUT2D eigenvalue weighted by atomic mass is 10.1. The Hall–Kier alpha value is -2.67. The summed E-state index contributed by atoms with van der Waals surface area (Å²) < 4.78 is 11.2. The number of rotatable bonds is 5. The maximum Gasteiger partial charge on any atom is 0.263 e. The summed E-state index contributed by atoms with van der Waals surface area (Å²) in [5.41, 5.74) is 3.41. The maximum absolute atomic E-state index is 12.1. The fourth-order valence-electron chi connectivity index (χ4n) is 2.40. The number of amides is 1. The molecule has 0 fully saturated rings. The van der Waals surface area contributed by atoms with Crippen LogP contribution in [-0.2, 0) is 4.79 Å². The molecule has 128 valence electrons. The zero-order chi connectivity index (χ0) is 17.8. The van der Waals surface area contributed by atoms with Crippen LogP contribution in [0.15, 0.2) is 51.6 Å². The van der Waals surface area contributed by atoms with Gasteiger partial charge in [-0.25, -0.2) is 4.63 Å². The molecule has 0 aliphatic rings. The van der Waals surface area contributed by atoms with E-state index in [1.807, 2.05) is 56.3 Å². The number of halogens is 1. The molecule has 0 saturated carbocycles. The monoisotopic (exact) mass is 401 g/mol. The van der Waals surface area contributed by atoms with Gasteiger partial charge >= 0.3 is 0 Å². The van der Waals surface area contributed by atoms with Crippen LogP contribution in [0.3, 0.4) is 0 Å². The Balaban J connectivity index is 1.66. The van der Waals surface area contributed by atoms with Crippen molar-refractivity contribution in [2.45, 2.75) is 13.8 Å². The van der Waals surface area contributed by atoms with Crippen LogP contribution in [0.5, 0.6) is 5.75 Å². The number of nitrogens with one attached hydrogen (secondary N) is 1. The molecule has 3 rings (SSSR count). The number of aryl methyl sites for hydroxylation is 2. The highest BCUT2D eigenvalue weighted by molar-refractivity contribution is 9.10. The summed E-state index contributed by atoms with van der Waals surface area (Å²) in [6.45, 7) is 3.83. The zero-order valence-electron chi connectivity index (χ0n) is 13.7. The Morgan fingerprint density at radius 1 is 1.12 bits per heavy atom. The van der Waals surface area contributed by atoms with Gasteiger partial charge in [0, 0.05) is 10.0 Å². The molecule has 0 radical (unpaired) electrons. The lowest BCUT2D eigenvalue weighted by Crippen LogP contribution is -2.20. The molecule has 7 heteroatoms. The van der Waals surface area contributed by atoms with Crippen LogP contribution in [0.2, 0.25) is 0 Å². The first-order valence-electron chi connectivity index (χ1n) is 7.61. The Morgan fingerprint density at radius 3 is 2.48 bits per heavy atom. The first-order valence-corrected chi connectivity index (χ1v) is 8.40. The number of ether oxygens (including phenoxy) is 1. The van der Waals surface area contributed by atoms with Gasteiger partial charge < -0.3 is 10.1 Å².